The Morgan fingerprint density at radius 1 is 1.44 bits per heavy atom. The normalized spacial score (nSPS) is 19.8. The molecule has 94 valence electrons. The van der Waals surface area contributed by atoms with Crippen molar-refractivity contribution in [3.8, 4) is 11.7 Å². The van der Waals surface area contributed by atoms with E-state index in [1.54, 1.807) is 18.9 Å². The molecule has 1 fully saturated rings. The summed E-state index contributed by atoms with van der Waals surface area (Å²) >= 11 is 0. The first-order valence-electron chi connectivity index (χ1n) is 5.63. The Bertz CT molecular complexity index is 589. The van der Waals surface area contributed by atoms with E-state index in [1.165, 1.54) is 6.39 Å². The molecule has 0 spiro atoms. The largest absolute Gasteiger partial charge is 0.438 e. The second-order valence-corrected chi connectivity index (χ2v) is 4.39. The third-order valence-corrected chi connectivity index (χ3v) is 3.07. The fourth-order valence-electron chi connectivity index (χ4n) is 2.03. The fraction of sp³-hybridized carbons (Fsp3) is 0.455. The van der Waals surface area contributed by atoms with Crippen LogP contribution >= 0.6 is 0 Å². The van der Waals surface area contributed by atoms with Crippen LogP contribution in [0.2, 0.25) is 0 Å². The quantitative estimate of drug-likeness (QED) is 0.787. The second-order valence-electron chi connectivity index (χ2n) is 4.39. The number of likely N-dealkylation sites (tertiary alicyclic amines) is 1. The lowest BCUT2D eigenvalue weighted by Gasteiger charge is -2.06. The predicted molar refractivity (Wildman–Crippen MR) is 59.5 cm³/mol. The zero-order chi connectivity index (χ0) is 12.7. The molecule has 2 aromatic rings. The van der Waals surface area contributed by atoms with Gasteiger partial charge in [0.15, 0.2) is 6.39 Å². The van der Waals surface area contributed by atoms with Crippen molar-refractivity contribution in [1.82, 2.24) is 20.1 Å². The molecule has 1 atom stereocenters. The Morgan fingerprint density at radius 2 is 2.28 bits per heavy atom. The number of oxazole rings is 1. The predicted octanol–water partition coefficient (Wildman–Crippen LogP) is 0.979. The van der Waals surface area contributed by atoms with E-state index >= 15 is 0 Å². The lowest BCUT2D eigenvalue weighted by Crippen LogP contribution is -2.18. The van der Waals surface area contributed by atoms with E-state index in [-0.39, 0.29) is 11.8 Å². The number of likely N-dealkylation sites (N-methyl/N-ethyl adjacent to an activating group) is 1. The van der Waals surface area contributed by atoms with Gasteiger partial charge in [0.25, 0.3) is 5.89 Å². The van der Waals surface area contributed by atoms with Crippen LogP contribution in [0.1, 0.15) is 23.9 Å². The summed E-state index contributed by atoms with van der Waals surface area (Å²) in [5, 5.41) is 7.91. The number of aryl methyl sites for hydroxylation is 1. The zero-order valence-electron chi connectivity index (χ0n) is 10.1. The summed E-state index contributed by atoms with van der Waals surface area (Å²) < 4.78 is 10.7. The molecular formula is C11H12N4O3. The average molecular weight is 248 g/mol. The van der Waals surface area contributed by atoms with Crippen molar-refractivity contribution in [3.63, 3.8) is 0 Å². The summed E-state index contributed by atoms with van der Waals surface area (Å²) in [4.78, 5) is 17.1. The summed E-state index contributed by atoms with van der Waals surface area (Å²) in [6.07, 6.45) is 1.74. The molecule has 18 heavy (non-hydrogen) atoms. The molecule has 1 amide bonds. The molecule has 0 saturated carbocycles. The number of rotatable bonds is 2. The van der Waals surface area contributed by atoms with Gasteiger partial charge in [0.2, 0.25) is 17.6 Å². The number of amides is 1. The third kappa shape index (κ3) is 1.68. The standard InChI is InChI=1S/C11H12N4O3/c1-6-9(17-5-12-6)11-14-13-10(18-11)7-3-8(16)15(2)4-7/h5,7H,3-4H2,1-2H3. The van der Waals surface area contributed by atoms with E-state index in [0.717, 1.165) is 0 Å². The van der Waals surface area contributed by atoms with Gasteiger partial charge in [0.1, 0.15) is 0 Å². The molecule has 1 aliphatic rings. The topological polar surface area (TPSA) is 85.3 Å². The number of carbonyl (C=O) groups excluding carboxylic acids is 1. The van der Waals surface area contributed by atoms with Gasteiger partial charge in [-0.15, -0.1) is 10.2 Å². The Balaban J connectivity index is 1.87. The minimum absolute atomic E-state index is 0.0352. The van der Waals surface area contributed by atoms with Gasteiger partial charge >= 0.3 is 0 Å². The molecule has 0 N–H and O–H groups in total. The summed E-state index contributed by atoms with van der Waals surface area (Å²) in [5.74, 6) is 1.31. The van der Waals surface area contributed by atoms with Gasteiger partial charge in [-0.25, -0.2) is 4.98 Å². The molecule has 1 aliphatic heterocycles. The van der Waals surface area contributed by atoms with Gasteiger partial charge in [0.05, 0.1) is 11.6 Å². The monoisotopic (exact) mass is 248 g/mol. The number of hydrogen-bond acceptors (Lipinski definition) is 6. The van der Waals surface area contributed by atoms with Crippen LogP contribution in [0.4, 0.5) is 0 Å². The molecular weight excluding hydrogens is 236 g/mol. The first-order chi connectivity index (χ1) is 8.65. The average Bonchev–Trinajstić information content (AvgIpc) is 3.00. The molecule has 3 rings (SSSR count). The number of carbonyl (C=O) groups is 1. The van der Waals surface area contributed by atoms with Crippen LogP contribution in [0.3, 0.4) is 0 Å². The molecule has 2 aromatic heterocycles. The van der Waals surface area contributed by atoms with Crippen molar-refractivity contribution in [3.05, 3.63) is 18.0 Å². The van der Waals surface area contributed by atoms with Gasteiger partial charge < -0.3 is 13.7 Å². The molecule has 0 aromatic carbocycles. The second kappa shape index (κ2) is 3.94. The molecule has 0 aliphatic carbocycles. The zero-order valence-corrected chi connectivity index (χ0v) is 10.1. The van der Waals surface area contributed by atoms with E-state index < -0.39 is 0 Å². The van der Waals surface area contributed by atoms with Crippen molar-refractivity contribution in [2.24, 2.45) is 0 Å². The maximum absolute atomic E-state index is 11.5. The Hall–Kier alpha value is -2.18. The number of nitrogens with zero attached hydrogens (tertiary/aromatic N) is 4. The third-order valence-electron chi connectivity index (χ3n) is 3.07. The van der Waals surface area contributed by atoms with Crippen molar-refractivity contribution in [1.29, 1.82) is 0 Å². The summed E-state index contributed by atoms with van der Waals surface area (Å²) in [7, 11) is 1.76. The fourth-order valence-corrected chi connectivity index (χ4v) is 2.03. The van der Waals surface area contributed by atoms with Crippen LogP contribution in [0.25, 0.3) is 11.7 Å². The van der Waals surface area contributed by atoms with Gasteiger partial charge in [-0.3, -0.25) is 4.79 Å². The van der Waals surface area contributed by atoms with Crippen LogP contribution < -0.4 is 0 Å². The summed E-state index contributed by atoms with van der Waals surface area (Å²) in [6, 6.07) is 0. The Morgan fingerprint density at radius 3 is 2.89 bits per heavy atom. The van der Waals surface area contributed by atoms with E-state index in [2.05, 4.69) is 15.2 Å². The van der Waals surface area contributed by atoms with Crippen molar-refractivity contribution >= 4 is 5.91 Å². The minimum atomic E-state index is -0.0352. The molecule has 7 heteroatoms. The van der Waals surface area contributed by atoms with Gasteiger partial charge in [-0.1, -0.05) is 0 Å². The summed E-state index contributed by atoms with van der Waals surface area (Å²) in [6.45, 7) is 2.41. The van der Waals surface area contributed by atoms with Crippen LogP contribution in [0.15, 0.2) is 15.2 Å². The first-order valence-corrected chi connectivity index (χ1v) is 5.63. The van der Waals surface area contributed by atoms with E-state index in [9.17, 15) is 4.79 Å². The Labute approximate surface area is 103 Å². The summed E-state index contributed by atoms with van der Waals surface area (Å²) in [5.41, 5.74) is 0.699. The highest BCUT2D eigenvalue weighted by Gasteiger charge is 2.32. The lowest BCUT2D eigenvalue weighted by atomic mass is 10.1. The maximum atomic E-state index is 11.5. The number of hydrogen-bond donors (Lipinski definition) is 0. The van der Waals surface area contributed by atoms with Crippen LogP contribution in [0, 0.1) is 6.92 Å². The van der Waals surface area contributed by atoms with Crippen molar-refractivity contribution < 1.29 is 13.6 Å². The van der Waals surface area contributed by atoms with Crippen LogP contribution in [-0.4, -0.2) is 39.6 Å². The molecule has 7 nitrogen and oxygen atoms in total. The van der Waals surface area contributed by atoms with E-state index in [1.807, 2.05) is 0 Å². The molecule has 1 saturated heterocycles. The first kappa shape index (κ1) is 10.9. The molecule has 0 radical (unpaired) electrons. The smallest absolute Gasteiger partial charge is 0.285 e. The van der Waals surface area contributed by atoms with Crippen LogP contribution in [0.5, 0.6) is 0 Å². The van der Waals surface area contributed by atoms with Crippen LogP contribution in [-0.2, 0) is 4.79 Å². The van der Waals surface area contributed by atoms with Crippen molar-refractivity contribution in [2.75, 3.05) is 13.6 Å². The SMILES string of the molecule is Cc1ncoc1-c1nnc(C2CC(=O)N(C)C2)o1. The van der Waals surface area contributed by atoms with Gasteiger partial charge in [-0.2, -0.15) is 0 Å². The molecule has 1 unspecified atom stereocenters. The lowest BCUT2D eigenvalue weighted by molar-refractivity contribution is -0.126. The van der Waals surface area contributed by atoms with E-state index in [4.69, 9.17) is 8.83 Å². The Kier molecular flexibility index (Phi) is 2.39. The van der Waals surface area contributed by atoms with Gasteiger partial charge in [0, 0.05) is 20.0 Å². The molecule has 0 bridgehead atoms. The molecule has 3 heterocycles. The van der Waals surface area contributed by atoms with E-state index in [0.29, 0.717) is 36.2 Å². The van der Waals surface area contributed by atoms with Crippen molar-refractivity contribution in [2.45, 2.75) is 19.3 Å². The maximum Gasteiger partial charge on any atom is 0.285 e. The highest BCUT2D eigenvalue weighted by molar-refractivity contribution is 5.79. The minimum Gasteiger partial charge on any atom is -0.438 e. The number of aromatic nitrogens is 3. The highest BCUT2D eigenvalue weighted by atomic mass is 16.4. The highest BCUT2D eigenvalue weighted by Crippen LogP contribution is 2.29. The van der Waals surface area contributed by atoms with Gasteiger partial charge in [-0.05, 0) is 6.92 Å².